The van der Waals surface area contributed by atoms with Crippen molar-refractivity contribution in [3.05, 3.63) is 81.4 Å². The molecule has 1 aliphatic heterocycles. The molecule has 2 aromatic rings. The van der Waals surface area contributed by atoms with Gasteiger partial charge < -0.3 is 0 Å². The molecule has 178 valence electrons. The van der Waals surface area contributed by atoms with Crippen LogP contribution in [0.25, 0.3) is 0 Å². The van der Waals surface area contributed by atoms with E-state index in [2.05, 4.69) is 12.2 Å². The van der Waals surface area contributed by atoms with E-state index in [1.807, 2.05) is 32.0 Å². The Morgan fingerprint density at radius 1 is 0.971 bits per heavy atom. The molecule has 5 aliphatic rings. The summed E-state index contributed by atoms with van der Waals surface area (Å²) in [6, 6.07) is 11.0. The number of carbonyl (C=O) groups excluding carboxylic acids is 3. The Balaban J connectivity index is 1.35. The van der Waals surface area contributed by atoms with Crippen LogP contribution in [0, 0.1) is 59.5 Å². The average molecular weight is 472 g/mol. The Labute approximate surface area is 202 Å². The van der Waals surface area contributed by atoms with Crippen molar-refractivity contribution in [3.8, 4) is 0 Å². The third kappa shape index (κ3) is 3.31. The largest absolute Gasteiger partial charge is 0.290 e. The maximum atomic E-state index is 13.7. The number of amides is 3. The number of hydrogen-bond donors (Lipinski definition) is 0. The highest BCUT2D eigenvalue weighted by molar-refractivity contribution is 6.10. The Bertz CT molecular complexity index is 1260. The first-order chi connectivity index (χ1) is 16.7. The number of hydrogen-bond acceptors (Lipinski definition) is 5. The molecule has 1 heterocycles. The molecular weight excluding hydrogens is 446 g/mol. The van der Waals surface area contributed by atoms with Gasteiger partial charge in [-0.15, -0.1) is 0 Å². The number of likely N-dealkylation sites (tertiary alicyclic amines) is 1. The first-order valence-electron chi connectivity index (χ1n) is 11.9. The quantitative estimate of drug-likeness (QED) is 0.285. The van der Waals surface area contributed by atoms with Crippen molar-refractivity contribution in [1.82, 2.24) is 4.90 Å². The van der Waals surface area contributed by atoms with E-state index in [9.17, 15) is 24.5 Å². The fourth-order valence-electron chi connectivity index (χ4n) is 6.55. The summed E-state index contributed by atoms with van der Waals surface area (Å²) < 4.78 is 0. The van der Waals surface area contributed by atoms with Gasteiger partial charge in [0.2, 0.25) is 11.8 Å². The smallest absolute Gasteiger partial charge is 0.269 e. The lowest BCUT2D eigenvalue weighted by molar-refractivity contribution is -0.384. The lowest BCUT2D eigenvalue weighted by Crippen LogP contribution is -2.45. The van der Waals surface area contributed by atoms with Crippen molar-refractivity contribution in [2.45, 2.75) is 20.3 Å². The van der Waals surface area contributed by atoms with Crippen LogP contribution in [-0.4, -0.2) is 34.2 Å². The number of nitrogens with zero attached hydrogens (tertiary/aromatic N) is 3. The summed E-state index contributed by atoms with van der Waals surface area (Å²) in [7, 11) is 0. The van der Waals surface area contributed by atoms with Gasteiger partial charge in [0, 0.05) is 23.4 Å². The molecule has 4 aliphatic carbocycles. The molecule has 0 N–H and O–H groups in total. The van der Waals surface area contributed by atoms with Gasteiger partial charge in [-0.25, -0.2) is 0 Å². The maximum Gasteiger partial charge on any atom is 0.269 e. The summed E-state index contributed by atoms with van der Waals surface area (Å²) in [6.07, 6.45) is 5.33. The van der Waals surface area contributed by atoms with Crippen molar-refractivity contribution in [1.29, 1.82) is 0 Å². The molecular formula is C27H25N3O5. The molecule has 2 bridgehead atoms. The first-order valence-corrected chi connectivity index (χ1v) is 11.9. The minimum absolute atomic E-state index is 0.108. The summed E-state index contributed by atoms with van der Waals surface area (Å²) in [6.45, 7) is 3.65. The minimum Gasteiger partial charge on any atom is -0.290 e. The van der Waals surface area contributed by atoms with Crippen molar-refractivity contribution < 1.29 is 19.3 Å². The van der Waals surface area contributed by atoms with Gasteiger partial charge in [0.25, 0.3) is 11.6 Å². The minimum atomic E-state index is -0.522. The zero-order valence-electron chi connectivity index (χ0n) is 19.5. The van der Waals surface area contributed by atoms with Gasteiger partial charge >= 0.3 is 0 Å². The van der Waals surface area contributed by atoms with Gasteiger partial charge in [-0.3, -0.25) is 34.3 Å². The average Bonchev–Trinajstić information content (AvgIpc) is 3.61. The number of rotatable bonds is 5. The van der Waals surface area contributed by atoms with Gasteiger partial charge in [-0.2, -0.15) is 0 Å². The van der Waals surface area contributed by atoms with Crippen molar-refractivity contribution in [3.63, 3.8) is 0 Å². The van der Waals surface area contributed by atoms with E-state index in [0.29, 0.717) is 17.5 Å². The van der Waals surface area contributed by atoms with Gasteiger partial charge in [0.1, 0.15) is 6.67 Å². The number of nitro groups is 1. The Kier molecular flexibility index (Phi) is 4.71. The topological polar surface area (TPSA) is 101 Å². The zero-order chi connectivity index (χ0) is 24.6. The highest BCUT2D eigenvalue weighted by atomic mass is 16.6. The van der Waals surface area contributed by atoms with E-state index in [0.717, 1.165) is 17.5 Å². The number of allylic oxidation sites excluding steroid dienone is 2. The summed E-state index contributed by atoms with van der Waals surface area (Å²) in [5.74, 6) is -0.280. The summed E-state index contributed by atoms with van der Waals surface area (Å²) in [5, 5.41) is 11.0. The van der Waals surface area contributed by atoms with Crippen LogP contribution in [0.5, 0.6) is 0 Å². The Morgan fingerprint density at radius 2 is 1.51 bits per heavy atom. The lowest BCUT2D eigenvalue weighted by Gasteiger charge is -2.37. The van der Waals surface area contributed by atoms with Gasteiger partial charge in [-0.1, -0.05) is 18.2 Å². The fourth-order valence-corrected chi connectivity index (χ4v) is 6.55. The highest BCUT2D eigenvalue weighted by Crippen LogP contribution is 2.65. The third-order valence-corrected chi connectivity index (χ3v) is 8.13. The predicted octanol–water partition coefficient (Wildman–Crippen LogP) is 3.87. The molecule has 35 heavy (non-hydrogen) atoms. The van der Waals surface area contributed by atoms with Crippen molar-refractivity contribution in [2.24, 2.45) is 35.5 Å². The Morgan fingerprint density at radius 3 is 2.03 bits per heavy atom. The number of benzene rings is 2. The monoisotopic (exact) mass is 471 g/mol. The summed E-state index contributed by atoms with van der Waals surface area (Å²) in [4.78, 5) is 54.0. The third-order valence-electron chi connectivity index (χ3n) is 8.13. The first kappa shape index (κ1) is 21.7. The van der Waals surface area contributed by atoms with Crippen LogP contribution in [0.1, 0.15) is 27.9 Å². The van der Waals surface area contributed by atoms with Gasteiger partial charge in [-0.05, 0) is 79.3 Å². The fraction of sp³-hybridized carbons (Fsp3) is 0.370. The second-order valence-corrected chi connectivity index (χ2v) is 10.3. The molecule has 1 saturated heterocycles. The number of imide groups is 1. The molecule has 7 rings (SSSR count). The van der Waals surface area contributed by atoms with Crippen LogP contribution in [0.15, 0.2) is 54.6 Å². The molecule has 2 aromatic carbocycles. The van der Waals surface area contributed by atoms with Crippen LogP contribution >= 0.6 is 0 Å². The van der Waals surface area contributed by atoms with E-state index < -0.39 is 10.8 Å². The van der Waals surface area contributed by atoms with Crippen LogP contribution in [0.2, 0.25) is 0 Å². The highest BCUT2D eigenvalue weighted by Gasteiger charge is 2.67. The molecule has 3 amide bonds. The number of carbonyl (C=O) groups is 3. The van der Waals surface area contributed by atoms with E-state index >= 15 is 0 Å². The summed E-state index contributed by atoms with van der Waals surface area (Å²) in [5.41, 5.74) is 2.59. The molecule has 6 atom stereocenters. The second-order valence-electron chi connectivity index (χ2n) is 10.3. The van der Waals surface area contributed by atoms with E-state index in [1.54, 1.807) is 0 Å². The number of anilines is 1. The van der Waals surface area contributed by atoms with Crippen molar-refractivity contribution >= 4 is 29.1 Å². The molecule has 0 radical (unpaired) electrons. The van der Waals surface area contributed by atoms with Crippen LogP contribution in [0.4, 0.5) is 11.4 Å². The molecule has 2 saturated carbocycles. The van der Waals surface area contributed by atoms with Crippen molar-refractivity contribution in [2.75, 3.05) is 11.6 Å². The normalized spacial score (nSPS) is 29.7. The summed E-state index contributed by atoms with van der Waals surface area (Å²) >= 11 is 0. The zero-order valence-corrected chi connectivity index (χ0v) is 19.5. The number of aryl methyl sites for hydroxylation is 2. The SMILES string of the molecule is Cc1cc(C)cc(N(CN2C(=O)C3C4C=CC(C5CC45)C3C2=O)C(=O)c2ccc([N+](=O)[O-])cc2)c1. The Hall–Kier alpha value is -3.81. The molecule has 8 heteroatoms. The molecule has 0 aromatic heterocycles. The van der Waals surface area contributed by atoms with E-state index in [4.69, 9.17) is 0 Å². The number of non-ortho nitro benzene ring substituents is 1. The van der Waals surface area contributed by atoms with Crippen LogP contribution in [0.3, 0.4) is 0 Å². The number of nitro benzene ring substituents is 1. The maximum absolute atomic E-state index is 13.7. The predicted molar refractivity (Wildman–Crippen MR) is 127 cm³/mol. The molecule has 0 spiro atoms. The van der Waals surface area contributed by atoms with E-state index in [-0.39, 0.29) is 53.4 Å². The molecule has 3 fully saturated rings. The van der Waals surface area contributed by atoms with E-state index in [1.165, 1.54) is 34.1 Å². The lowest BCUT2D eigenvalue weighted by atomic mass is 9.63. The molecule has 6 unspecified atom stereocenters. The van der Waals surface area contributed by atoms with Crippen LogP contribution < -0.4 is 4.90 Å². The van der Waals surface area contributed by atoms with Gasteiger partial charge in [0.15, 0.2) is 0 Å². The van der Waals surface area contributed by atoms with Crippen LogP contribution in [-0.2, 0) is 9.59 Å². The van der Waals surface area contributed by atoms with Gasteiger partial charge in [0.05, 0.1) is 16.8 Å². The second kappa shape index (κ2) is 7.60. The standard InChI is InChI=1S/C27H25N3O5/c1-14-9-15(2)11-18(10-14)28(25(31)16-3-5-17(6-4-16)30(34)35)13-29-26(32)23-19-7-8-20(22-12-21(19)22)24(23)27(29)33/h3-11,19-24H,12-13H2,1-2H3. The molecule has 8 nitrogen and oxygen atoms in total.